The highest BCUT2D eigenvalue weighted by molar-refractivity contribution is 9.10. The fraction of sp³-hybridized carbons (Fsp3) is 0.500. The third-order valence-electron chi connectivity index (χ3n) is 16.0. The molecule has 2 atom stereocenters. The predicted molar refractivity (Wildman–Crippen MR) is 299 cm³/mol. The Hall–Kier alpha value is -5.68. The van der Waals surface area contributed by atoms with Crippen molar-refractivity contribution in [3.63, 3.8) is 0 Å². The van der Waals surface area contributed by atoms with Gasteiger partial charge in [0.2, 0.25) is 17.8 Å². The van der Waals surface area contributed by atoms with Crippen molar-refractivity contribution in [1.82, 2.24) is 30.2 Å². The number of nitrogens with zero attached hydrogens (tertiary/aromatic N) is 6. The van der Waals surface area contributed by atoms with Gasteiger partial charge in [0, 0.05) is 79.7 Å². The van der Waals surface area contributed by atoms with Gasteiger partial charge in [0.15, 0.2) is 5.78 Å². The van der Waals surface area contributed by atoms with Gasteiger partial charge < -0.3 is 29.7 Å². The van der Waals surface area contributed by atoms with Crippen LogP contribution in [0.15, 0.2) is 65.5 Å². The molecule has 0 saturated carbocycles. The molecule has 3 aromatic carbocycles. The zero-order valence-corrected chi connectivity index (χ0v) is 46.0. The second kappa shape index (κ2) is 23.9. The van der Waals surface area contributed by atoms with Gasteiger partial charge in [0.1, 0.15) is 24.2 Å². The van der Waals surface area contributed by atoms with Crippen molar-refractivity contribution in [3.05, 3.63) is 87.8 Å². The van der Waals surface area contributed by atoms with Crippen molar-refractivity contribution in [2.24, 2.45) is 17.3 Å². The standard InChI is InChI=1S/C58H71BrN9O5P/c1-39-34-48(64-57-62-38-45(59)55(66-57)63-47-21-20-46-53(61-28-27-60-46)54(47)74(3,4)72)51(73-2)37-49(39)68-32-25-58(26-33-68)23-30-67(31-24-58)29-12-10-8-6-5-7-9-11-14-41-15-13-16-43-44(41)35-40(36-50(43)69)17-18-42-19-22-52(70)65-56(42)71/h13,15-16,20-21,27-28,34,37-38,40,42H,5-10,12,17-19,22-26,29-33,35-36H2,1-4H3,(H,65,70,71)(H2,62,63,64,66). The fourth-order valence-electron chi connectivity index (χ4n) is 11.7. The number of hydrogen-bond donors (Lipinski definition) is 3. The number of carbonyl (C=O) groups excluding carboxylic acids is 3. The van der Waals surface area contributed by atoms with Crippen molar-refractivity contribution in [2.45, 2.75) is 116 Å². The summed E-state index contributed by atoms with van der Waals surface area (Å²) in [4.78, 5) is 60.5. The lowest BCUT2D eigenvalue weighted by Gasteiger charge is -2.47. The number of ether oxygens (including phenoxy) is 1. The first kappa shape index (κ1) is 53.2. The Balaban J connectivity index is 0.681. The molecule has 2 aromatic heterocycles. The van der Waals surface area contributed by atoms with Crippen molar-refractivity contribution in [1.29, 1.82) is 0 Å². The van der Waals surface area contributed by atoms with E-state index in [1.165, 1.54) is 83.1 Å². The summed E-state index contributed by atoms with van der Waals surface area (Å²) >= 11 is 3.61. The number of imide groups is 1. The van der Waals surface area contributed by atoms with Crippen LogP contribution in [-0.2, 0) is 20.6 Å². The first-order valence-corrected chi connectivity index (χ1v) is 30.1. The Labute approximate surface area is 444 Å². The Morgan fingerprint density at radius 2 is 1.64 bits per heavy atom. The molecular formula is C58H71BrN9O5P. The molecule has 5 aromatic rings. The number of amides is 2. The van der Waals surface area contributed by atoms with Gasteiger partial charge in [-0.1, -0.05) is 49.7 Å². The number of halogens is 1. The second-order valence-electron chi connectivity index (χ2n) is 21.5. The van der Waals surface area contributed by atoms with E-state index in [-0.39, 0.29) is 29.4 Å². The van der Waals surface area contributed by atoms with E-state index in [1.807, 2.05) is 30.3 Å². The van der Waals surface area contributed by atoms with Crippen LogP contribution >= 0.6 is 23.1 Å². The van der Waals surface area contributed by atoms with Gasteiger partial charge in [-0.05, 0) is 167 Å². The topological polar surface area (TPSA) is 172 Å². The van der Waals surface area contributed by atoms with Gasteiger partial charge >= 0.3 is 0 Å². The Morgan fingerprint density at radius 3 is 2.41 bits per heavy atom. The number of carbonyl (C=O) groups is 3. The van der Waals surface area contributed by atoms with Gasteiger partial charge in [-0.2, -0.15) is 4.98 Å². The van der Waals surface area contributed by atoms with Gasteiger partial charge in [-0.3, -0.25) is 29.7 Å². The molecule has 390 valence electrons. The summed E-state index contributed by atoms with van der Waals surface area (Å²) in [6.07, 6.45) is 21.9. The molecule has 4 aliphatic rings. The molecular weight excluding hydrogens is 1010 g/mol. The number of aromatic nitrogens is 4. The van der Waals surface area contributed by atoms with Crippen LogP contribution in [0.5, 0.6) is 5.75 Å². The lowest BCUT2D eigenvalue weighted by Crippen LogP contribution is -2.47. The molecule has 0 bridgehead atoms. The highest BCUT2D eigenvalue weighted by atomic mass is 79.9. The van der Waals surface area contributed by atoms with Crippen LogP contribution in [0, 0.1) is 36.0 Å². The molecule has 3 aliphatic heterocycles. The molecule has 2 amide bonds. The summed E-state index contributed by atoms with van der Waals surface area (Å²) < 4.78 is 20.1. The summed E-state index contributed by atoms with van der Waals surface area (Å²) in [6.45, 7) is 11.3. The van der Waals surface area contributed by atoms with E-state index in [9.17, 15) is 18.9 Å². The Bertz CT molecular complexity index is 2990. The summed E-state index contributed by atoms with van der Waals surface area (Å²) in [5, 5.41) is 9.88. The van der Waals surface area contributed by atoms with Crippen LogP contribution in [0.25, 0.3) is 11.0 Å². The number of benzene rings is 3. The van der Waals surface area contributed by atoms with Gasteiger partial charge in [-0.25, -0.2) is 4.98 Å². The van der Waals surface area contributed by atoms with Crippen LogP contribution in [-0.4, -0.2) is 95.6 Å². The molecule has 16 heteroatoms. The SMILES string of the molecule is COc1cc(N2CCC3(CCN(CCCCCCCCC#Cc4cccc5c4CC(CCC4CCC(=O)NC4=O)CC5=O)CC3)CC2)c(C)cc1Nc1ncc(Br)c(Nc2ccc3nccnc3c2P(C)(C)=O)n1. The zero-order chi connectivity index (χ0) is 51.8. The first-order valence-electron chi connectivity index (χ1n) is 26.8. The second-order valence-corrected chi connectivity index (χ2v) is 25.5. The van der Waals surface area contributed by atoms with Crippen LogP contribution in [0.2, 0.25) is 0 Å². The summed E-state index contributed by atoms with van der Waals surface area (Å²) in [5.74, 6) is 8.33. The molecule has 2 unspecified atom stereocenters. The average molecular weight is 1090 g/mol. The van der Waals surface area contributed by atoms with Crippen LogP contribution in [0.3, 0.4) is 0 Å². The number of Topliss-reactive ketones (excluding diaryl/α,β-unsaturated/α-hetero) is 1. The summed E-state index contributed by atoms with van der Waals surface area (Å²) in [5.41, 5.74) is 8.34. The summed E-state index contributed by atoms with van der Waals surface area (Å²) in [6, 6.07) is 13.9. The maximum absolute atomic E-state index is 13.5. The lowest BCUT2D eigenvalue weighted by molar-refractivity contribution is -0.136. The normalized spacial score (nSPS) is 18.9. The quantitative estimate of drug-likeness (QED) is 0.0328. The molecule has 3 saturated heterocycles. The number of methoxy groups -OCH3 is 1. The van der Waals surface area contributed by atoms with E-state index in [0.717, 1.165) is 72.5 Å². The van der Waals surface area contributed by atoms with Crippen LogP contribution in [0.4, 0.5) is 28.8 Å². The minimum absolute atomic E-state index is 0.141. The number of unbranched alkanes of at least 4 members (excludes halogenated alkanes) is 6. The molecule has 0 radical (unpaired) electrons. The van der Waals surface area contributed by atoms with Crippen molar-refractivity contribution >= 4 is 85.8 Å². The van der Waals surface area contributed by atoms with Crippen LogP contribution < -0.4 is 30.9 Å². The van der Waals surface area contributed by atoms with E-state index in [4.69, 9.17) is 9.72 Å². The zero-order valence-electron chi connectivity index (χ0n) is 43.5. The van der Waals surface area contributed by atoms with Crippen molar-refractivity contribution in [2.75, 3.05) is 68.7 Å². The molecule has 9 rings (SSSR count). The summed E-state index contributed by atoms with van der Waals surface area (Å²) in [7, 11) is -1.07. The fourth-order valence-corrected chi connectivity index (χ4v) is 13.4. The smallest absolute Gasteiger partial charge is 0.229 e. The average Bonchev–Trinajstić information content (AvgIpc) is 3.38. The molecule has 1 aliphatic carbocycles. The van der Waals surface area contributed by atoms with E-state index in [2.05, 4.69) is 87.5 Å². The van der Waals surface area contributed by atoms with Gasteiger partial charge in [0.05, 0.1) is 33.8 Å². The van der Waals surface area contributed by atoms with E-state index in [1.54, 1.807) is 39.0 Å². The molecule has 14 nitrogen and oxygen atoms in total. The minimum atomic E-state index is -2.77. The number of nitrogens with one attached hydrogen (secondary N) is 3. The number of piperidine rings is 3. The number of likely N-dealkylation sites (tertiary alicyclic amines) is 1. The Morgan fingerprint density at radius 1 is 0.878 bits per heavy atom. The lowest BCUT2D eigenvalue weighted by atomic mass is 9.71. The molecule has 3 fully saturated rings. The number of fused-ring (bicyclic) bond motifs is 2. The van der Waals surface area contributed by atoms with Crippen LogP contribution in [0.1, 0.15) is 130 Å². The van der Waals surface area contributed by atoms with Gasteiger partial charge in [0.25, 0.3) is 0 Å². The maximum atomic E-state index is 13.5. The number of hydrogen-bond acceptors (Lipinski definition) is 13. The third kappa shape index (κ3) is 12.9. The largest absolute Gasteiger partial charge is 0.494 e. The number of rotatable bonds is 18. The first-order chi connectivity index (χ1) is 35.8. The molecule has 5 heterocycles. The number of anilines is 5. The number of ketones is 1. The highest BCUT2D eigenvalue weighted by Crippen LogP contribution is 2.45. The predicted octanol–water partition coefficient (Wildman–Crippen LogP) is 11.3. The maximum Gasteiger partial charge on any atom is 0.229 e. The van der Waals surface area contributed by atoms with E-state index < -0.39 is 7.14 Å². The molecule has 1 spiro atoms. The highest BCUT2D eigenvalue weighted by Gasteiger charge is 2.38. The van der Waals surface area contributed by atoms with Gasteiger partial charge in [-0.15, -0.1) is 0 Å². The number of aryl methyl sites for hydroxylation is 1. The monoisotopic (exact) mass is 1080 g/mol. The minimum Gasteiger partial charge on any atom is -0.494 e. The van der Waals surface area contributed by atoms with E-state index in [0.29, 0.717) is 69.4 Å². The third-order valence-corrected chi connectivity index (χ3v) is 18.1. The Kier molecular flexibility index (Phi) is 17.2. The van der Waals surface area contributed by atoms with E-state index >= 15 is 0 Å². The van der Waals surface area contributed by atoms with Crippen molar-refractivity contribution < 1.29 is 23.7 Å². The van der Waals surface area contributed by atoms with Crippen molar-refractivity contribution in [3.8, 4) is 17.6 Å². The molecule has 74 heavy (non-hydrogen) atoms. The molecule has 3 N–H and O–H groups in total.